The molecule has 10 heteroatoms. The van der Waals surface area contributed by atoms with Gasteiger partial charge in [-0.25, -0.2) is 28.1 Å². The van der Waals surface area contributed by atoms with Crippen LogP contribution in [-0.2, 0) is 0 Å². The average molecular weight is 265 g/mol. The molecular weight excluding hydrogens is 258 g/mol. The SMILES string of the molecule is O=c1[nH]nc2cc(NCC(F)(F)C(F)F)ncn12. The third-order valence-electron chi connectivity index (χ3n) is 2.13. The zero-order chi connectivity index (χ0) is 13.3. The predicted molar refractivity (Wildman–Crippen MR) is 53.0 cm³/mol. The van der Waals surface area contributed by atoms with Crippen molar-refractivity contribution in [2.45, 2.75) is 12.3 Å². The Bertz CT molecular complexity index is 607. The van der Waals surface area contributed by atoms with Gasteiger partial charge in [-0.3, -0.25) is 0 Å². The van der Waals surface area contributed by atoms with Crippen molar-refractivity contribution in [3.63, 3.8) is 0 Å². The number of halogens is 4. The Morgan fingerprint density at radius 2 is 2.22 bits per heavy atom. The molecule has 0 unspecified atom stereocenters. The van der Waals surface area contributed by atoms with Crippen molar-refractivity contribution < 1.29 is 17.6 Å². The van der Waals surface area contributed by atoms with E-state index < -0.39 is 24.6 Å². The maximum Gasteiger partial charge on any atom is 0.348 e. The van der Waals surface area contributed by atoms with E-state index in [1.165, 1.54) is 6.07 Å². The highest BCUT2D eigenvalue weighted by Crippen LogP contribution is 2.22. The van der Waals surface area contributed by atoms with Crippen LogP contribution in [0.25, 0.3) is 5.65 Å². The zero-order valence-corrected chi connectivity index (χ0v) is 8.70. The summed E-state index contributed by atoms with van der Waals surface area (Å²) in [5.41, 5.74) is -0.403. The molecule has 0 saturated carbocycles. The van der Waals surface area contributed by atoms with Crippen molar-refractivity contribution in [1.29, 1.82) is 0 Å². The molecule has 2 heterocycles. The summed E-state index contributed by atoms with van der Waals surface area (Å²) >= 11 is 0. The second kappa shape index (κ2) is 4.27. The predicted octanol–water partition coefficient (Wildman–Crippen LogP) is 0.730. The lowest BCUT2D eigenvalue weighted by Crippen LogP contribution is -2.35. The lowest BCUT2D eigenvalue weighted by Gasteiger charge is -2.15. The normalized spacial score (nSPS) is 12.3. The minimum atomic E-state index is -4.15. The Morgan fingerprint density at radius 3 is 2.89 bits per heavy atom. The van der Waals surface area contributed by atoms with E-state index in [1.807, 2.05) is 0 Å². The molecule has 0 fully saturated rings. The van der Waals surface area contributed by atoms with Gasteiger partial charge in [0, 0.05) is 6.07 Å². The molecule has 0 bridgehead atoms. The molecule has 2 rings (SSSR count). The molecule has 98 valence electrons. The Morgan fingerprint density at radius 1 is 1.50 bits per heavy atom. The first-order valence-corrected chi connectivity index (χ1v) is 4.73. The number of rotatable bonds is 4. The number of alkyl halides is 4. The molecule has 2 N–H and O–H groups in total. The standard InChI is InChI=1S/C8H7F4N5O/c9-6(10)8(11,12)2-13-4-1-5-15-16-7(18)17(5)3-14-4/h1,3,6,13H,2H2,(H,16,18). The molecule has 0 atom stereocenters. The molecule has 0 aliphatic rings. The highest BCUT2D eigenvalue weighted by molar-refractivity contribution is 5.48. The Labute approximate surface area is 96.6 Å². The third kappa shape index (κ3) is 2.26. The first-order chi connectivity index (χ1) is 8.40. The van der Waals surface area contributed by atoms with Gasteiger partial charge in [0.05, 0.1) is 6.54 Å². The summed E-state index contributed by atoms with van der Waals surface area (Å²) in [5.74, 6) is -4.24. The number of fused-ring (bicyclic) bond motifs is 1. The maximum atomic E-state index is 12.6. The van der Waals surface area contributed by atoms with Crippen LogP contribution in [0.1, 0.15) is 0 Å². The van der Waals surface area contributed by atoms with Gasteiger partial charge in [-0.2, -0.15) is 13.9 Å². The summed E-state index contributed by atoms with van der Waals surface area (Å²) in [6.45, 7) is -1.26. The Hall–Kier alpha value is -2.13. The summed E-state index contributed by atoms with van der Waals surface area (Å²) in [6, 6.07) is 1.18. The molecule has 0 amide bonds. The van der Waals surface area contributed by atoms with Crippen LogP contribution in [0.2, 0.25) is 0 Å². The van der Waals surface area contributed by atoms with Crippen molar-refractivity contribution >= 4 is 11.5 Å². The number of aromatic nitrogens is 4. The van der Waals surface area contributed by atoms with Crippen molar-refractivity contribution in [2.75, 3.05) is 11.9 Å². The van der Waals surface area contributed by atoms with E-state index >= 15 is 0 Å². The smallest absolute Gasteiger partial charge is 0.348 e. The van der Waals surface area contributed by atoms with Crippen LogP contribution < -0.4 is 11.0 Å². The number of anilines is 1. The van der Waals surface area contributed by atoms with Gasteiger partial charge in [-0.05, 0) is 0 Å². The van der Waals surface area contributed by atoms with Gasteiger partial charge < -0.3 is 5.32 Å². The van der Waals surface area contributed by atoms with E-state index in [1.54, 1.807) is 0 Å². The lowest BCUT2D eigenvalue weighted by atomic mass is 10.3. The fourth-order valence-electron chi connectivity index (χ4n) is 1.19. The van der Waals surface area contributed by atoms with Gasteiger partial charge in [0.1, 0.15) is 12.1 Å². The van der Waals surface area contributed by atoms with Crippen molar-refractivity contribution in [1.82, 2.24) is 19.6 Å². The van der Waals surface area contributed by atoms with E-state index in [-0.39, 0.29) is 11.5 Å². The Balaban J connectivity index is 2.15. The fraction of sp³-hybridized carbons (Fsp3) is 0.375. The van der Waals surface area contributed by atoms with Crippen LogP contribution >= 0.6 is 0 Å². The summed E-state index contributed by atoms with van der Waals surface area (Å²) in [7, 11) is 0. The molecule has 2 aromatic heterocycles. The third-order valence-corrected chi connectivity index (χ3v) is 2.13. The Kier molecular flexibility index (Phi) is 2.93. The van der Waals surface area contributed by atoms with Crippen molar-refractivity contribution in [2.24, 2.45) is 0 Å². The van der Waals surface area contributed by atoms with Gasteiger partial charge in [0.25, 0.3) is 0 Å². The number of hydrogen-bond donors (Lipinski definition) is 2. The summed E-state index contributed by atoms with van der Waals surface area (Å²) in [5, 5.41) is 7.74. The minimum absolute atomic E-state index is 0.0816. The highest BCUT2D eigenvalue weighted by atomic mass is 19.3. The van der Waals surface area contributed by atoms with Crippen LogP contribution in [0.5, 0.6) is 0 Å². The second-order valence-electron chi connectivity index (χ2n) is 3.45. The monoisotopic (exact) mass is 265 g/mol. The van der Waals surface area contributed by atoms with Crippen molar-refractivity contribution in [3.8, 4) is 0 Å². The van der Waals surface area contributed by atoms with E-state index in [2.05, 4.69) is 20.5 Å². The minimum Gasteiger partial charge on any atom is -0.364 e. The van der Waals surface area contributed by atoms with Gasteiger partial charge in [-0.1, -0.05) is 0 Å². The lowest BCUT2D eigenvalue weighted by molar-refractivity contribution is -0.117. The molecule has 0 aromatic carbocycles. The first-order valence-electron chi connectivity index (χ1n) is 4.73. The molecule has 0 aliphatic heterocycles. The number of aromatic amines is 1. The number of hydrogen-bond acceptors (Lipinski definition) is 4. The van der Waals surface area contributed by atoms with Crippen LogP contribution in [-0.4, -0.2) is 38.5 Å². The summed E-state index contributed by atoms with van der Waals surface area (Å²) in [6.07, 6.45) is -2.72. The molecule has 0 aliphatic carbocycles. The summed E-state index contributed by atoms with van der Waals surface area (Å²) in [4.78, 5) is 14.7. The molecule has 18 heavy (non-hydrogen) atoms. The average Bonchev–Trinajstić information content (AvgIpc) is 2.68. The molecule has 2 aromatic rings. The second-order valence-corrected chi connectivity index (χ2v) is 3.45. The molecular formula is C8H7F4N5O. The molecule has 0 radical (unpaired) electrons. The first kappa shape index (κ1) is 12.3. The number of nitrogens with zero attached hydrogens (tertiary/aromatic N) is 3. The molecule has 0 spiro atoms. The van der Waals surface area contributed by atoms with Crippen molar-refractivity contribution in [3.05, 3.63) is 22.9 Å². The van der Waals surface area contributed by atoms with E-state index in [9.17, 15) is 22.4 Å². The topological polar surface area (TPSA) is 75.1 Å². The van der Waals surface area contributed by atoms with E-state index in [0.717, 1.165) is 10.7 Å². The van der Waals surface area contributed by atoms with Crippen LogP contribution in [0, 0.1) is 0 Å². The maximum absolute atomic E-state index is 12.6. The van der Waals surface area contributed by atoms with Gasteiger partial charge in [-0.15, -0.1) is 0 Å². The van der Waals surface area contributed by atoms with Gasteiger partial charge in [0.2, 0.25) is 0 Å². The van der Waals surface area contributed by atoms with Crippen LogP contribution in [0.4, 0.5) is 23.4 Å². The zero-order valence-electron chi connectivity index (χ0n) is 8.70. The van der Waals surface area contributed by atoms with Gasteiger partial charge >= 0.3 is 18.0 Å². The fourth-order valence-corrected chi connectivity index (χ4v) is 1.19. The molecule has 6 nitrogen and oxygen atoms in total. The number of H-pyrrole nitrogens is 1. The largest absolute Gasteiger partial charge is 0.364 e. The number of nitrogens with one attached hydrogen (secondary N) is 2. The highest BCUT2D eigenvalue weighted by Gasteiger charge is 2.40. The van der Waals surface area contributed by atoms with Crippen LogP contribution in [0.3, 0.4) is 0 Å². The molecule has 0 saturated heterocycles. The van der Waals surface area contributed by atoms with Gasteiger partial charge in [0.15, 0.2) is 5.65 Å². The summed E-state index contributed by atoms with van der Waals surface area (Å²) < 4.78 is 50.1. The quantitative estimate of drug-likeness (QED) is 0.799. The van der Waals surface area contributed by atoms with E-state index in [0.29, 0.717) is 0 Å². The van der Waals surface area contributed by atoms with E-state index in [4.69, 9.17) is 0 Å². The van der Waals surface area contributed by atoms with Crippen LogP contribution in [0.15, 0.2) is 17.2 Å².